The van der Waals surface area contributed by atoms with Crippen LogP contribution >= 0.6 is 23.2 Å². The van der Waals surface area contributed by atoms with Crippen molar-refractivity contribution >= 4 is 34.7 Å². The van der Waals surface area contributed by atoms with Crippen molar-refractivity contribution in [2.75, 3.05) is 0 Å². The summed E-state index contributed by atoms with van der Waals surface area (Å²) in [6.45, 7) is 3.81. The van der Waals surface area contributed by atoms with E-state index in [0.717, 1.165) is 5.57 Å². The second-order valence-corrected chi connectivity index (χ2v) is 3.88. The van der Waals surface area contributed by atoms with Crippen LogP contribution in [0.1, 0.15) is 13.8 Å². The van der Waals surface area contributed by atoms with Crippen molar-refractivity contribution in [3.63, 3.8) is 0 Å². The highest BCUT2D eigenvalue weighted by Crippen LogP contribution is 2.26. The van der Waals surface area contributed by atoms with Gasteiger partial charge in [0.2, 0.25) is 0 Å². The Balaban J connectivity index is 3.04. The monoisotopic (exact) mass is 242 g/mol. The molecule has 0 fully saturated rings. The third-order valence-electron chi connectivity index (χ3n) is 1.99. The molecule has 0 heterocycles. The summed E-state index contributed by atoms with van der Waals surface area (Å²) in [5.41, 5.74) is 7.38. The van der Waals surface area contributed by atoms with E-state index in [1.54, 1.807) is 18.2 Å². The third kappa shape index (κ3) is 3.26. The van der Waals surface area contributed by atoms with Gasteiger partial charge in [0.25, 0.3) is 0 Å². The molecule has 1 aromatic rings. The maximum absolute atomic E-state index is 5.85. The average Bonchev–Trinajstić information content (AvgIpc) is 2.22. The first kappa shape index (κ1) is 12.1. The van der Waals surface area contributed by atoms with E-state index in [1.807, 2.05) is 19.9 Å². The zero-order chi connectivity index (χ0) is 11.4. The average molecular weight is 243 g/mol. The van der Waals surface area contributed by atoms with Gasteiger partial charge in [-0.2, -0.15) is 0 Å². The molecular formula is C11H12Cl2N2. The van der Waals surface area contributed by atoms with Crippen molar-refractivity contribution in [2.24, 2.45) is 10.7 Å². The number of hydrogen-bond acceptors (Lipinski definition) is 1. The lowest BCUT2D eigenvalue weighted by Gasteiger charge is -2.01. The van der Waals surface area contributed by atoms with Gasteiger partial charge >= 0.3 is 0 Å². The predicted octanol–water partition coefficient (Wildman–Crippen LogP) is 3.95. The molecule has 0 aromatic heterocycles. The van der Waals surface area contributed by atoms with Crippen LogP contribution in [0.5, 0.6) is 0 Å². The standard InChI is InChI=1S/C11H12Cl2N2/c1-3-7(2)11(14)15-8-4-5-9(12)10(13)6-8/h3-6H,1-2H3,(H2,14,15)/b7-3-. The van der Waals surface area contributed by atoms with Crippen LogP contribution in [0.25, 0.3) is 0 Å². The third-order valence-corrected chi connectivity index (χ3v) is 2.73. The molecule has 0 aliphatic rings. The summed E-state index contributed by atoms with van der Waals surface area (Å²) in [6.07, 6.45) is 1.90. The number of halogens is 2. The largest absolute Gasteiger partial charge is 0.383 e. The summed E-state index contributed by atoms with van der Waals surface area (Å²) >= 11 is 11.6. The molecule has 0 unspecified atom stereocenters. The van der Waals surface area contributed by atoms with E-state index in [1.165, 1.54) is 0 Å². The van der Waals surface area contributed by atoms with E-state index in [0.29, 0.717) is 21.6 Å². The van der Waals surface area contributed by atoms with Crippen molar-refractivity contribution < 1.29 is 0 Å². The number of hydrogen-bond donors (Lipinski definition) is 1. The van der Waals surface area contributed by atoms with Gasteiger partial charge < -0.3 is 5.73 Å². The minimum Gasteiger partial charge on any atom is -0.383 e. The molecule has 0 atom stereocenters. The number of rotatable bonds is 2. The van der Waals surface area contributed by atoms with Gasteiger partial charge in [0.15, 0.2) is 0 Å². The summed E-state index contributed by atoms with van der Waals surface area (Å²) in [5.74, 6) is 0.482. The molecule has 80 valence electrons. The van der Waals surface area contributed by atoms with E-state index in [2.05, 4.69) is 4.99 Å². The molecule has 0 saturated heterocycles. The van der Waals surface area contributed by atoms with Gasteiger partial charge in [0, 0.05) is 0 Å². The van der Waals surface area contributed by atoms with Crippen molar-refractivity contribution in [3.05, 3.63) is 39.9 Å². The van der Waals surface area contributed by atoms with Gasteiger partial charge in [-0.15, -0.1) is 0 Å². The van der Waals surface area contributed by atoms with Crippen LogP contribution in [-0.4, -0.2) is 5.84 Å². The van der Waals surface area contributed by atoms with Crippen molar-refractivity contribution in [3.8, 4) is 0 Å². The molecule has 0 bridgehead atoms. The first-order valence-corrected chi connectivity index (χ1v) is 5.22. The Morgan fingerprint density at radius 1 is 1.33 bits per heavy atom. The maximum Gasteiger partial charge on any atom is 0.126 e. The lowest BCUT2D eigenvalue weighted by atomic mass is 10.2. The van der Waals surface area contributed by atoms with Gasteiger partial charge in [0.05, 0.1) is 15.7 Å². The molecule has 0 radical (unpaired) electrons. The Morgan fingerprint density at radius 3 is 2.53 bits per heavy atom. The van der Waals surface area contributed by atoms with E-state index in [9.17, 15) is 0 Å². The fourth-order valence-corrected chi connectivity index (χ4v) is 1.22. The molecule has 0 amide bonds. The lowest BCUT2D eigenvalue weighted by molar-refractivity contribution is 1.41. The van der Waals surface area contributed by atoms with E-state index >= 15 is 0 Å². The fourth-order valence-electron chi connectivity index (χ4n) is 0.930. The Kier molecular flexibility index (Phi) is 4.18. The number of aliphatic imine (C=N–C) groups is 1. The van der Waals surface area contributed by atoms with Gasteiger partial charge in [0.1, 0.15) is 5.84 Å². The second-order valence-electron chi connectivity index (χ2n) is 3.07. The smallest absolute Gasteiger partial charge is 0.126 e. The van der Waals surface area contributed by atoms with Crippen molar-refractivity contribution in [1.29, 1.82) is 0 Å². The molecule has 1 rings (SSSR count). The number of allylic oxidation sites excluding steroid dienone is 1. The van der Waals surface area contributed by atoms with Gasteiger partial charge in [-0.25, -0.2) is 4.99 Å². The highest BCUT2D eigenvalue weighted by molar-refractivity contribution is 6.42. The van der Waals surface area contributed by atoms with Gasteiger partial charge in [-0.3, -0.25) is 0 Å². The topological polar surface area (TPSA) is 38.4 Å². The normalized spacial score (nSPS) is 13.1. The van der Waals surface area contributed by atoms with E-state index < -0.39 is 0 Å². The van der Waals surface area contributed by atoms with Crippen LogP contribution < -0.4 is 5.73 Å². The van der Waals surface area contributed by atoms with Crippen LogP contribution in [0, 0.1) is 0 Å². The van der Waals surface area contributed by atoms with Crippen molar-refractivity contribution in [2.45, 2.75) is 13.8 Å². The Bertz CT molecular complexity index is 423. The van der Waals surface area contributed by atoms with E-state index in [4.69, 9.17) is 28.9 Å². The van der Waals surface area contributed by atoms with Gasteiger partial charge in [-0.05, 0) is 37.6 Å². The first-order chi connectivity index (χ1) is 7.04. The molecule has 2 nitrogen and oxygen atoms in total. The summed E-state index contributed by atoms with van der Waals surface area (Å²) < 4.78 is 0. The number of amidine groups is 1. The Morgan fingerprint density at radius 2 is 2.00 bits per heavy atom. The maximum atomic E-state index is 5.85. The van der Waals surface area contributed by atoms with Crippen LogP contribution in [0.15, 0.2) is 34.8 Å². The minimum atomic E-state index is 0.476. The van der Waals surface area contributed by atoms with Crippen LogP contribution in [0.4, 0.5) is 5.69 Å². The highest BCUT2D eigenvalue weighted by atomic mass is 35.5. The quantitative estimate of drug-likeness (QED) is 0.619. The van der Waals surface area contributed by atoms with Crippen LogP contribution in [0.3, 0.4) is 0 Å². The minimum absolute atomic E-state index is 0.476. The second kappa shape index (κ2) is 5.19. The predicted molar refractivity (Wildman–Crippen MR) is 67.2 cm³/mol. The SMILES string of the molecule is C/C=C(/C)C(N)=Nc1ccc(Cl)c(Cl)c1. The Hall–Kier alpha value is -0.990. The number of nitrogens with two attached hydrogens (primary N) is 1. The van der Waals surface area contributed by atoms with Crippen LogP contribution in [0.2, 0.25) is 10.0 Å². The zero-order valence-corrected chi connectivity index (χ0v) is 10.1. The molecule has 15 heavy (non-hydrogen) atoms. The van der Waals surface area contributed by atoms with Gasteiger partial charge in [-0.1, -0.05) is 29.3 Å². The highest BCUT2D eigenvalue weighted by Gasteiger charge is 2.00. The molecule has 0 aliphatic heterocycles. The number of nitrogens with zero attached hydrogens (tertiary/aromatic N) is 1. The molecule has 4 heteroatoms. The summed E-state index contributed by atoms with van der Waals surface area (Å²) in [4.78, 5) is 4.21. The summed E-state index contributed by atoms with van der Waals surface area (Å²) in [5, 5.41) is 0.987. The first-order valence-electron chi connectivity index (χ1n) is 4.47. The molecule has 2 N–H and O–H groups in total. The van der Waals surface area contributed by atoms with Crippen molar-refractivity contribution in [1.82, 2.24) is 0 Å². The lowest BCUT2D eigenvalue weighted by Crippen LogP contribution is -2.12. The van der Waals surface area contributed by atoms with Crippen LogP contribution in [-0.2, 0) is 0 Å². The molecular weight excluding hydrogens is 231 g/mol. The molecule has 1 aromatic carbocycles. The molecule has 0 aliphatic carbocycles. The molecule has 0 saturated carbocycles. The fraction of sp³-hybridized carbons (Fsp3) is 0.182. The molecule has 0 spiro atoms. The number of benzene rings is 1. The zero-order valence-electron chi connectivity index (χ0n) is 8.59. The summed E-state index contributed by atoms with van der Waals surface area (Å²) in [6, 6.07) is 5.14. The summed E-state index contributed by atoms with van der Waals surface area (Å²) in [7, 11) is 0. The van der Waals surface area contributed by atoms with E-state index in [-0.39, 0.29) is 0 Å². The Labute approximate surface area is 99.4 Å².